The monoisotopic (exact) mass is 154 g/mol. The second-order valence-corrected chi connectivity index (χ2v) is 4.22. The van der Waals surface area contributed by atoms with Crippen molar-refractivity contribution < 1.29 is 4.74 Å². The van der Waals surface area contributed by atoms with E-state index < -0.39 is 0 Å². The van der Waals surface area contributed by atoms with Crippen LogP contribution in [0.3, 0.4) is 0 Å². The molecule has 2 heterocycles. The van der Waals surface area contributed by atoms with Crippen molar-refractivity contribution in [3.05, 3.63) is 21.9 Å². The second-order valence-electron chi connectivity index (χ2n) is 2.93. The fourth-order valence-electron chi connectivity index (χ4n) is 0.969. The lowest BCUT2D eigenvalue weighted by atomic mass is 10.2. The Kier molecular flexibility index (Phi) is 1.17. The third-order valence-corrected chi connectivity index (χ3v) is 3.08. The molecule has 0 spiro atoms. The van der Waals surface area contributed by atoms with Crippen LogP contribution in [0, 0.1) is 6.92 Å². The molecule has 1 aliphatic rings. The first-order valence-corrected chi connectivity index (χ1v) is 4.23. The smallest absolute Gasteiger partial charge is 0.123 e. The molecular weight excluding hydrogens is 144 g/mol. The predicted octanol–water partition coefficient (Wildman–Crippen LogP) is 2.30. The summed E-state index contributed by atoms with van der Waals surface area (Å²) in [6.07, 6.45) is 0. The molecule has 0 radical (unpaired) electrons. The van der Waals surface area contributed by atoms with Gasteiger partial charge in [-0.3, -0.25) is 0 Å². The van der Waals surface area contributed by atoms with Gasteiger partial charge in [0.1, 0.15) is 5.60 Å². The van der Waals surface area contributed by atoms with Gasteiger partial charge in [-0.15, -0.1) is 11.3 Å². The third kappa shape index (κ3) is 0.879. The van der Waals surface area contributed by atoms with Gasteiger partial charge in [0.15, 0.2) is 0 Å². The summed E-state index contributed by atoms with van der Waals surface area (Å²) in [6.45, 7) is 5.16. The van der Waals surface area contributed by atoms with Crippen LogP contribution in [0.1, 0.15) is 16.7 Å². The van der Waals surface area contributed by atoms with Gasteiger partial charge >= 0.3 is 0 Å². The molecule has 1 aromatic heterocycles. The summed E-state index contributed by atoms with van der Waals surface area (Å²) in [5.41, 5.74) is 0.0823. The number of aryl methyl sites for hydroxylation is 1. The summed E-state index contributed by atoms with van der Waals surface area (Å²) in [5.74, 6) is 0. The first kappa shape index (κ1) is 6.38. The van der Waals surface area contributed by atoms with E-state index in [1.807, 2.05) is 11.3 Å². The largest absolute Gasteiger partial charge is 0.364 e. The maximum Gasteiger partial charge on any atom is 0.123 e. The highest BCUT2D eigenvalue weighted by atomic mass is 32.1. The number of ether oxygens (including phenoxy) is 1. The Morgan fingerprint density at radius 2 is 2.30 bits per heavy atom. The van der Waals surface area contributed by atoms with Crippen molar-refractivity contribution in [3.8, 4) is 0 Å². The molecule has 54 valence electrons. The lowest BCUT2D eigenvalue weighted by molar-refractivity contribution is 0.333. The third-order valence-electron chi connectivity index (χ3n) is 1.84. The number of thiophene rings is 1. The van der Waals surface area contributed by atoms with Crippen LogP contribution in [0.4, 0.5) is 0 Å². The molecule has 0 aliphatic carbocycles. The summed E-state index contributed by atoms with van der Waals surface area (Å²) in [5, 5.41) is 0. The van der Waals surface area contributed by atoms with Crippen LogP contribution in [-0.4, -0.2) is 6.61 Å². The van der Waals surface area contributed by atoms with Crippen LogP contribution >= 0.6 is 11.3 Å². The van der Waals surface area contributed by atoms with E-state index in [1.54, 1.807) is 0 Å². The number of epoxide rings is 1. The average molecular weight is 154 g/mol. The highest BCUT2D eigenvalue weighted by Gasteiger charge is 2.42. The highest BCUT2D eigenvalue weighted by Crippen LogP contribution is 2.41. The van der Waals surface area contributed by atoms with E-state index in [0.717, 1.165) is 6.61 Å². The van der Waals surface area contributed by atoms with Crippen molar-refractivity contribution in [2.45, 2.75) is 19.4 Å². The van der Waals surface area contributed by atoms with Gasteiger partial charge in [-0.2, -0.15) is 0 Å². The van der Waals surface area contributed by atoms with Crippen LogP contribution in [0.2, 0.25) is 0 Å². The summed E-state index contributed by atoms with van der Waals surface area (Å²) in [7, 11) is 0. The molecule has 1 aliphatic heterocycles. The molecule has 0 saturated carbocycles. The van der Waals surface area contributed by atoms with Crippen molar-refractivity contribution in [2.75, 3.05) is 6.61 Å². The van der Waals surface area contributed by atoms with Crippen molar-refractivity contribution >= 4 is 11.3 Å². The maximum absolute atomic E-state index is 5.31. The summed E-state index contributed by atoms with van der Waals surface area (Å²) in [4.78, 5) is 2.73. The van der Waals surface area contributed by atoms with Crippen LogP contribution in [0.5, 0.6) is 0 Å². The van der Waals surface area contributed by atoms with Gasteiger partial charge in [0.2, 0.25) is 0 Å². The molecule has 2 rings (SSSR count). The Morgan fingerprint density at radius 1 is 1.60 bits per heavy atom. The SMILES string of the molecule is Cc1ccc(C2(C)CO2)s1. The average Bonchev–Trinajstić information content (AvgIpc) is 2.45. The van der Waals surface area contributed by atoms with E-state index in [2.05, 4.69) is 26.0 Å². The van der Waals surface area contributed by atoms with Crippen LogP contribution in [0.25, 0.3) is 0 Å². The van der Waals surface area contributed by atoms with Crippen molar-refractivity contribution in [3.63, 3.8) is 0 Å². The van der Waals surface area contributed by atoms with E-state index in [1.165, 1.54) is 9.75 Å². The minimum atomic E-state index is 0.0823. The van der Waals surface area contributed by atoms with E-state index in [9.17, 15) is 0 Å². The molecule has 1 fully saturated rings. The highest BCUT2D eigenvalue weighted by molar-refractivity contribution is 7.12. The Morgan fingerprint density at radius 3 is 2.70 bits per heavy atom. The van der Waals surface area contributed by atoms with Crippen LogP contribution in [0.15, 0.2) is 12.1 Å². The van der Waals surface area contributed by atoms with Gasteiger partial charge in [-0.1, -0.05) is 0 Å². The van der Waals surface area contributed by atoms with Gasteiger partial charge in [0, 0.05) is 9.75 Å². The summed E-state index contributed by atoms with van der Waals surface area (Å²) in [6, 6.07) is 4.31. The Balaban J connectivity index is 2.34. The quantitative estimate of drug-likeness (QED) is 0.565. The zero-order valence-corrected chi connectivity index (χ0v) is 6.99. The molecule has 1 aromatic rings. The first-order valence-electron chi connectivity index (χ1n) is 3.42. The minimum absolute atomic E-state index is 0.0823. The molecule has 10 heavy (non-hydrogen) atoms. The van der Waals surface area contributed by atoms with E-state index in [4.69, 9.17) is 4.74 Å². The normalized spacial score (nSPS) is 30.6. The van der Waals surface area contributed by atoms with Crippen molar-refractivity contribution in [1.29, 1.82) is 0 Å². The molecular formula is C8H10OS. The molecule has 2 heteroatoms. The van der Waals surface area contributed by atoms with Gasteiger partial charge < -0.3 is 4.74 Å². The Labute approximate surface area is 64.6 Å². The van der Waals surface area contributed by atoms with Gasteiger partial charge in [0.05, 0.1) is 6.61 Å². The second kappa shape index (κ2) is 1.83. The van der Waals surface area contributed by atoms with Gasteiger partial charge in [-0.05, 0) is 26.0 Å². The molecule has 0 bridgehead atoms. The Hall–Kier alpha value is -0.340. The van der Waals surface area contributed by atoms with Crippen LogP contribution < -0.4 is 0 Å². The fourth-order valence-corrected chi connectivity index (χ4v) is 1.92. The lowest BCUT2D eigenvalue weighted by Gasteiger charge is -1.97. The van der Waals surface area contributed by atoms with E-state index >= 15 is 0 Å². The molecule has 0 N–H and O–H groups in total. The number of hydrogen-bond acceptors (Lipinski definition) is 2. The molecule has 0 aromatic carbocycles. The van der Waals surface area contributed by atoms with E-state index in [-0.39, 0.29) is 5.60 Å². The topological polar surface area (TPSA) is 12.5 Å². The van der Waals surface area contributed by atoms with Crippen molar-refractivity contribution in [2.24, 2.45) is 0 Å². The van der Waals surface area contributed by atoms with Gasteiger partial charge in [-0.25, -0.2) is 0 Å². The van der Waals surface area contributed by atoms with E-state index in [0.29, 0.717) is 0 Å². The maximum atomic E-state index is 5.31. The fraction of sp³-hybridized carbons (Fsp3) is 0.500. The van der Waals surface area contributed by atoms with Crippen LogP contribution in [-0.2, 0) is 10.3 Å². The minimum Gasteiger partial charge on any atom is -0.364 e. The molecule has 1 saturated heterocycles. The first-order chi connectivity index (χ1) is 4.71. The Bertz CT molecular complexity index is 248. The summed E-state index contributed by atoms with van der Waals surface area (Å²) >= 11 is 1.83. The zero-order chi connectivity index (χ0) is 7.19. The number of rotatable bonds is 1. The molecule has 1 nitrogen and oxygen atoms in total. The predicted molar refractivity (Wildman–Crippen MR) is 42.4 cm³/mol. The standard InChI is InChI=1S/C8H10OS/c1-6-3-4-7(10-6)8(2)5-9-8/h3-4H,5H2,1-2H3. The lowest BCUT2D eigenvalue weighted by Crippen LogP contribution is -1.96. The van der Waals surface area contributed by atoms with Crippen molar-refractivity contribution in [1.82, 2.24) is 0 Å². The zero-order valence-electron chi connectivity index (χ0n) is 6.18. The van der Waals surface area contributed by atoms with Gasteiger partial charge in [0.25, 0.3) is 0 Å². The molecule has 1 atom stereocenters. The summed E-state index contributed by atoms with van der Waals surface area (Å²) < 4.78 is 5.31. The molecule has 0 amide bonds. The molecule has 1 unspecified atom stereocenters. The number of hydrogen-bond donors (Lipinski definition) is 0.